The lowest BCUT2D eigenvalue weighted by molar-refractivity contribution is 0.0948. The molecule has 8 heteroatoms. The van der Waals surface area contributed by atoms with Gasteiger partial charge in [-0.3, -0.25) is 14.2 Å². The van der Waals surface area contributed by atoms with Gasteiger partial charge in [-0.05, 0) is 49.0 Å². The van der Waals surface area contributed by atoms with Crippen molar-refractivity contribution in [1.29, 1.82) is 0 Å². The van der Waals surface area contributed by atoms with E-state index >= 15 is 0 Å². The molecule has 136 valence electrons. The normalized spacial score (nSPS) is 11.0. The van der Waals surface area contributed by atoms with Crippen molar-refractivity contribution in [3.8, 4) is 0 Å². The maximum absolute atomic E-state index is 12.6. The van der Waals surface area contributed by atoms with Crippen LogP contribution in [0.1, 0.15) is 22.5 Å². The van der Waals surface area contributed by atoms with Gasteiger partial charge in [0.1, 0.15) is 5.76 Å². The minimum atomic E-state index is -0.258. The molecule has 0 spiro atoms. The van der Waals surface area contributed by atoms with Crippen LogP contribution in [0.3, 0.4) is 0 Å². The van der Waals surface area contributed by atoms with E-state index in [1.807, 2.05) is 0 Å². The third-order valence-electron chi connectivity index (χ3n) is 3.98. The summed E-state index contributed by atoms with van der Waals surface area (Å²) in [7, 11) is 1.61. The zero-order chi connectivity index (χ0) is 18.5. The highest BCUT2D eigenvalue weighted by Gasteiger charge is 2.11. The first-order valence-electron chi connectivity index (χ1n) is 8.16. The first-order chi connectivity index (χ1) is 12.6. The molecular formula is C18H19N3O4S. The Kier molecular flexibility index (Phi) is 5.65. The van der Waals surface area contributed by atoms with Gasteiger partial charge in [0.2, 0.25) is 0 Å². The average Bonchev–Trinajstić information content (AvgIpc) is 3.15. The predicted octanol–water partition coefficient (Wildman–Crippen LogP) is 2.62. The number of hydrogen-bond donors (Lipinski definition) is 2. The van der Waals surface area contributed by atoms with E-state index in [0.717, 1.165) is 0 Å². The smallest absolute Gasteiger partial charge is 0.262 e. The highest BCUT2D eigenvalue weighted by Crippen LogP contribution is 2.11. The second-order valence-electron chi connectivity index (χ2n) is 5.76. The minimum absolute atomic E-state index is 0.178. The van der Waals surface area contributed by atoms with Crippen LogP contribution >= 0.6 is 12.2 Å². The number of nitrogens with zero attached hydrogens (tertiary/aromatic N) is 1. The van der Waals surface area contributed by atoms with Crippen molar-refractivity contribution in [1.82, 2.24) is 14.9 Å². The Morgan fingerprint density at radius 2 is 2.23 bits per heavy atom. The number of methoxy groups -OCH3 is 1. The van der Waals surface area contributed by atoms with Crippen molar-refractivity contribution in [3.05, 3.63) is 63.0 Å². The highest BCUT2D eigenvalue weighted by atomic mass is 32.1. The number of carbonyl (C=O) groups is 1. The molecule has 0 aliphatic heterocycles. The molecule has 2 aromatic heterocycles. The Morgan fingerprint density at radius 3 is 2.96 bits per heavy atom. The lowest BCUT2D eigenvalue weighted by Crippen LogP contribution is -2.24. The highest BCUT2D eigenvalue weighted by molar-refractivity contribution is 7.71. The molecule has 0 aliphatic rings. The molecule has 0 bridgehead atoms. The van der Waals surface area contributed by atoms with E-state index in [1.54, 1.807) is 43.7 Å². The van der Waals surface area contributed by atoms with Crippen molar-refractivity contribution in [2.45, 2.75) is 19.5 Å². The van der Waals surface area contributed by atoms with E-state index in [4.69, 9.17) is 21.4 Å². The van der Waals surface area contributed by atoms with Crippen LogP contribution in [0.2, 0.25) is 0 Å². The van der Waals surface area contributed by atoms with Crippen molar-refractivity contribution >= 4 is 29.0 Å². The second-order valence-corrected chi connectivity index (χ2v) is 6.14. The van der Waals surface area contributed by atoms with E-state index in [1.165, 1.54) is 4.57 Å². The minimum Gasteiger partial charge on any atom is -0.467 e. The van der Waals surface area contributed by atoms with Crippen LogP contribution in [-0.4, -0.2) is 29.2 Å². The van der Waals surface area contributed by atoms with Crippen molar-refractivity contribution in [3.63, 3.8) is 0 Å². The van der Waals surface area contributed by atoms with E-state index in [-0.39, 0.29) is 11.5 Å². The fourth-order valence-corrected chi connectivity index (χ4v) is 2.93. The molecule has 0 saturated carbocycles. The third-order valence-corrected chi connectivity index (χ3v) is 4.30. The standard InChI is InChI=1S/C18H19N3O4S/c1-24-8-3-7-21-17(23)14-6-5-12(10-15(14)20-18(21)26)16(22)19-11-13-4-2-9-25-13/h2,4-6,9-10H,3,7-8,11H2,1H3,(H,19,22)(H,20,26). The molecular weight excluding hydrogens is 354 g/mol. The maximum atomic E-state index is 12.6. The number of H-pyrrole nitrogens is 1. The van der Waals surface area contributed by atoms with E-state index < -0.39 is 0 Å². The van der Waals surface area contributed by atoms with Gasteiger partial charge >= 0.3 is 0 Å². The molecule has 0 saturated heterocycles. The summed E-state index contributed by atoms with van der Waals surface area (Å²) in [6.45, 7) is 1.32. The summed E-state index contributed by atoms with van der Waals surface area (Å²) in [5, 5.41) is 3.26. The van der Waals surface area contributed by atoms with Crippen molar-refractivity contribution in [2.24, 2.45) is 0 Å². The van der Waals surface area contributed by atoms with Gasteiger partial charge in [-0.15, -0.1) is 0 Å². The van der Waals surface area contributed by atoms with Gasteiger partial charge in [0.25, 0.3) is 11.5 Å². The maximum Gasteiger partial charge on any atom is 0.262 e. The van der Waals surface area contributed by atoms with E-state index in [9.17, 15) is 9.59 Å². The summed E-state index contributed by atoms with van der Waals surface area (Å²) in [4.78, 5) is 28.0. The third kappa shape index (κ3) is 3.92. The van der Waals surface area contributed by atoms with Gasteiger partial charge in [0.05, 0.1) is 23.7 Å². The van der Waals surface area contributed by atoms with Crippen LogP contribution in [-0.2, 0) is 17.8 Å². The first-order valence-corrected chi connectivity index (χ1v) is 8.57. The largest absolute Gasteiger partial charge is 0.467 e. The molecule has 2 N–H and O–H groups in total. The van der Waals surface area contributed by atoms with Gasteiger partial charge in [-0.2, -0.15) is 0 Å². The van der Waals surface area contributed by atoms with Crippen molar-refractivity contribution < 1.29 is 13.9 Å². The Hall–Kier alpha value is -2.71. The molecule has 0 unspecified atom stereocenters. The fraction of sp³-hybridized carbons (Fsp3) is 0.278. The molecule has 3 rings (SSSR count). The van der Waals surface area contributed by atoms with Crippen molar-refractivity contribution in [2.75, 3.05) is 13.7 Å². The number of ether oxygens (including phenoxy) is 1. The Labute approximate surface area is 154 Å². The number of benzene rings is 1. The molecule has 3 aromatic rings. The predicted molar refractivity (Wildman–Crippen MR) is 99.8 cm³/mol. The topological polar surface area (TPSA) is 89.3 Å². The van der Waals surface area contributed by atoms with Gasteiger partial charge in [-0.1, -0.05) is 0 Å². The zero-order valence-corrected chi connectivity index (χ0v) is 15.1. The van der Waals surface area contributed by atoms with E-state index in [0.29, 0.717) is 53.1 Å². The molecule has 2 heterocycles. The monoisotopic (exact) mass is 373 g/mol. The summed E-state index contributed by atoms with van der Waals surface area (Å²) in [6.07, 6.45) is 2.24. The first kappa shape index (κ1) is 18.1. The number of aromatic amines is 1. The molecule has 26 heavy (non-hydrogen) atoms. The molecule has 0 fully saturated rings. The second kappa shape index (κ2) is 8.11. The number of amides is 1. The number of rotatable bonds is 7. The summed E-state index contributed by atoms with van der Waals surface area (Å²) < 4.78 is 12.0. The summed E-state index contributed by atoms with van der Waals surface area (Å²) >= 11 is 5.28. The molecule has 0 aliphatic carbocycles. The number of carbonyl (C=O) groups excluding carboxylic acids is 1. The molecule has 7 nitrogen and oxygen atoms in total. The summed E-state index contributed by atoms with van der Waals surface area (Å²) in [6, 6.07) is 8.43. The number of aromatic nitrogens is 2. The summed E-state index contributed by atoms with van der Waals surface area (Å²) in [5.41, 5.74) is 0.794. The molecule has 0 atom stereocenters. The van der Waals surface area contributed by atoms with Crippen LogP contribution in [0.25, 0.3) is 10.9 Å². The summed E-state index contributed by atoms with van der Waals surface area (Å²) in [5.74, 6) is 0.407. The Balaban J connectivity index is 1.84. The number of fused-ring (bicyclic) bond motifs is 1. The lowest BCUT2D eigenvalue weighted by atomic mass is 10.1. The van der Waals surface area contributed by atoms with Gasteiger partial charge < -0.3 is 19.5 Å². The van der Waals surface area contributed by atoms with Gasteiger partial charge in [0.15, 0.2) is 4.77 Å². The van der Waals surface area contributed by atoms with Gasteiger partial charge in [0, 0.05) is 25.8 Å². The van der Waals surface area contributed by atoms with Gasteiger partial charge in [-0.25, -0.2) is 0 Å². The number of hydrogen-bond acceptors (Lipinski definition) is 5. The number of nitrogens with one attached hydrogen (secondary N) is 2. The van der Waals surface area contributed by atoms with Crippen LogP contribution in [0, 0.1) is 4.77 Å². The van der Waals surface area contributed by atoms with Crippen LogP contribution in [0.15, 0.2) is 45.8 Å². The SMILES string of the molecule is COCCCn1c(=S)[nH]c2cc(C(=O)NCc3ccco3)ccc2c1=O. The average molecular weight is 373 g/mol. The van der Waals surface area contributed by atoms with Crippen LogP contribution < -0.4 is 10.9 Å². The lowest BCUT2D eigenvalue weighted by Gasteiger charge is -2.09. The molecule has 0 radical (unpaired) electrons. The van der Waals surface area contributed by atoms with Crippen LogP contribution in [0.5, 0.6) is 0 Å². The Morgan fingerprint density at radius 1 is 1.38 bits per heavy atom. The quantitative estimate of drug-likeness (QED) is 0.491. The fourth-order valence-electron chi connectivity index (χ4n) is 2.65. The Bertz CT molecular complexity index is 1020. The zero-order valence-electron chi connectivity index (χ0n) is 14.3. The molecule has 1 amide bonds. The molecule has 1 aromatic carbocycles. The van der Waals surface area contributed by atoms with Crippen LogP contribution in [0.4, 0.5) is 0 Å². The number of furan rings is 1. The van der Waals surface area contributed by atoms with E-state index in [2.05, 4.69) is 10.3 Å².